The van der Waals surface area contributed by atoms with Gasteiger partial charge in [0.1, 0.15) is 0 Å². The first kappa shape index (κ1) is 15.2. The molecule has 0 spiro atoms. The van der Waals surface area contributed by atoms with Crippen molar-refractivity contribution in [3.63, 3.8) is 0 Å². The Morgan fingerprint density at radius 2 is 2.26 bits per heavy atom. The first-order valence-corrected chi connectivity index (χ1v) is 6.65. The molecular weight excluding hydrogens is 234 g/mol. The maximum absolute atomic E-state index is 12.0. The predicted octanol–water partition coefficient (Wildman–Crippen LogP) is 3.70. The zero-order valence-electron chi connectivity index (χ0n) is 12.1. The maximum Gasteiger partial charge on any atom is 0.247 e. The summed E-state index contributed by atoms with van der Waals surface area (Å²) >= 11 is 0. The molecule has 19 heavy (non-hydrogen) atoms. The summed E-state index contributed by atoms with van der Waals surface area (Å²) in [6, 6.07) is 0. The van der Waals surface area contributed by atoms with Gasteiger partial charge in [0.05, 0.1) is 0 Å². The van der Waals surface area contributed by atoms with E-state index in [1.807, 2.05) is 51.2 Å². The average Bonchev–Trinajstić information content (AvgIpc) is 2.39. The molecule has 1 aliphatic carbocycles. The zero-order valence-corrected chi connectivity index (χ0v) is 12.1. The molecule has 102 valence electrons. The van der Waals surface area contributed by atoms with E-state index in [4.69, 9.17) is 0 Å². The molecule has 1 rings (SSSR count). The molecule has 0 aromatic carbocycles. The van der Waals surface area contributed by atoms with Gasteiger partial charge in [-0.1, -0.05) is 54.2 Å². The molecule has 0 fully saturated rings. The van der Waals surface area contributed by atoms with Crippen molar-refractivity contribution >= 4 is 5.91 Å². The van der Waals surface area contributed by atoms with Crippen LogP contribution >= 0.6 is 0 Å². The number of carbonyl (C=O) groups excluding carboxylic acids is 1. The Bertz CT molecular complexity index is 464. The van der Waals surface area contributed by atoms with Crippen molar-refractivity contribution in [2.24, 2.45) is 5.92 Å². The van der Waals surface area contributed by atoms with Crippen molar-refractivity contribution in [1.82, 2.24) is 5.32 Å². The van der Waals surface area contributed by atoms with Gasteiger partial charge in [-0.2, -0.15) is 0 Å². The number of hydrogen-bond acceptors (Lipinski definition) is 1. The van der Waals surface area contributed by atoms with Crippen LogP contribution in [0.2, 0.25) is 0 Å². The van der Waals surface area contributed by atoms with Gasteiger partial charge in [-0.25, -0.2) is 0 Å². The van der Waals surface area contributed by atoms with E-state index >= 15 is 0 Å². The summed E-state index contributed by atoms with van der Waals surface area (Å²) in [5.41, 5.74) is 3.08. The Morgan fingerprint density at radius 1 is 1.53 bits per heavy atom. The molecule has 1 aliphatic rings. The Hall–Kier alpha value is -1.83. The molecule has 1 N–H and O–H groups in total. The van der Waals surface area contributed by atoms with Crippen molar-refractivity contribution < 1.29 is 4.79 Å². The van der Waals surface area contributed by atoms with Crippen LogP contribution in [-0.2, 0) is 4.79 Å². The van der Waals surface area contributed by atoms with Crippen LogP contribution in [0.15, 0.2) is 59.8 Å². The van der Waals surface area contributed by atoms with Gasteiger partial charge in [-0.3, -0.25) is 4.79 Å². The van der Waals surface area contributed by atoms with Crippen LogP contribution in [0.25, 0.3) is 0 Å². The Balaban J connectivity index is 2.51. The molecule has 0 saturated heterocycles. The van der Waals surface area contributed by atoms with Crippen molar-refractivity contribution in [2.45, 2.75) is 27.2 Å². The number of rotatable bonds is 5. The molecule has 0 aromatic rings. The molecule has 0 unspecified atom stereocenters. The van der Waals surface area contributed by atoms with E-state index in [9.17, 15) is 4.79 Å². The molecule has 2 nitrogen and oxygen atoms in total. The van der Waals surface area contributed by atoms with Gasteiger partial charge in [0.15, 0.2) is 0 Å². The summed E-state index contributed by atoms with van der Waals surface area (Å²) in [5.74, 6) is 0.297. The van der Waals surface area contributed by atoms with Crippen LogP contribution < -0.4 is 5.32 Å². The zero-order chi connectivity index (χ0) is 14.3. The second kappa shape index (κ2) is 7.57. The summed E-state index contributed by atoms with van der Waals surface area (Å²) in [5, 5.41) is 2.92. The highest BCUT2D eigenvalue weighted by Gasteiger charge is 2.16. The van der Waals surface area contributed by atoms with Gasteiger partial charge in [-0.15, -0.1) is 0 Å². The van der Waals surface area contributed by atoms with Crippen molar-refractivity contribution in [1.29, 1.82) is 0 Å². The standard InChI is InChI=1S/C17H23NO/c1-5-7-14(4)10-11-18-17(19)16-9-6-8-15(12-16)13(2)3/h5-10,15H,2,11-12H2,1,3-4H3,(H,18,19)/b7-5-,14-10-/t15-/m1/s1. The van der Waals surface area contributed by atoms with Gasteiger partial charge in [-0.05, 0) is 27.2 Å². The van der Waals surface area contributed by atoms with E-state index in [0.717, 1.165) is 23.1 Å². The molecule has 1 atom stereocenters. The SMILES string of the molecule is C=C(C)[C@@H]1C=CC=C(C(=O)NC/C=C(C)\C=C/C)C1. The summed E-state index contributed by atoms with van der Waals surface area (Å²) < 4.78 is 0. The van der Waals surface area contributed by atoms with Crippen molar-refractivity contribution in [3.8, 4) is 0 Å². The minimum atomic E-state index is 0.0140. The van der Waals surface area contributed by atoms with Crippen LogP contribution in [0.1, 0.15) is 27.2 Å². The second-order valence-corrected chi connectivity index (χ2v) is 4.89. The van der Waals surface area contributed by atoms with Gasteiger partial charge in [0.2, 0.25) is 5.91 Å². The lowest BCUT2D eigenvalue weighted by Crippen LogP contribution is -2.26. The third-order valence-electron chi connectivity index (χ3n) is 3.12. The predicted molar refractivity (Wildman–Crippen MR) is 81.7 cm³/mol. The normalized spacial score (nSPS) is 19.4. The van der Waals surface area contributed by atoms with Crippen LogP contribution in [-0.4, -0.2) is 12.5 Å². The topological polar surface area (TPSA) is 29.1 Å². The lowest BCUT2D eigenvalue weighted by atomic mass is 9.89. The van der Waals surface area contributed by atoms with Crippen LogP contribution in [0.4, 0.5) is 0 Å². The van der Waals surface area contributed by atoms with Crippen LogP contribution in [0.3, 0.4) is 0 Å². The Kier molecular flexibility index (Phi) is 6.07. The summed E-state index contributed by atoms with van der Waals surface area (Å²) in [6.07, 6.45) is 12.7. The lowest BCUT2D eigenvalue weighted by Gasteiger charge is -2.18. The van der Waals surface area contributed by atoms with E-state index in [1.165, 1.54) is 0 Å². The molecule has 1 amide bonds. The van der Waals surface area contributed by atoms with E-state index in [0.29, 0.717) is 6.54 Å². The second-order valence-electron chi connectivity index (χ2n) is 4.89. The van der Waals surface area contributed by atoms with E-state index in [-0.39, 0.29) is 11.8 Å². The Labute approximate surface area is 116 Å². The number of allylic oxidation sites excluding steroid dienone is 7. The fraction of sp³-hybridized carbons (Fsp3) is 0.353. The fourth-order valence-electron chi connectivity index (χ4n) is 1.93. The van der Waals surface area contributed by atoms with Crippen molar-refractivity contribution in [2.75, 3.05) is 6.54 Å². The molecule has 2 heteroatoms. The van der Waals surface area contributed by atoms with E-state index in [1.54, 1.807) is 0 Å². The van der Waals surface area contributed by atoms with Gasteiger partial charge >= 0.3 is 0 Å². The maximum atomic E-state index is 12.0. The van der Waals surface area contributed by atoms with Gasteiger partial charge in [0.25, 0.3) is 0 Å². The quantitative estimate of drug-likeness (QED) is 0.590. The first-order chi connectivity index (χ1) is 9.04. The van der Waals surface area contributed by atoms with Crippen LogP contribution in [0, 0.1) is 5.92 Å². The average molecular weight is 257 g/mol. The summed E-state index contributed by atoms with van der Waals surface area (Å²) in [7, 11) is 0. The molecule has 0 aromatic heterocycles. The number of carbonyl (C=O) groups is 1. The smallest absolute Gasteiger partial charge is 0.247 e. The molecule has 0 radical (unpaired) electrons. The number of amides is 1. The minimum Gasteiger partial charge on any atom is -0.349 e. The molecule has 0 bridgehead atoms. The van der Waals surface area contributed by atoms with Crippen molar-refractivity contribution in [3.05, 3.63) is 59.8 Å². The highest BCUT2D eigenvalue weighted by Crippen LogP contribution is 2.23. The highest BCUT2D eigenvalue weighted by atomic mass is 16.1. The first-order valence-electron chi connectivity index (χ1n) is 6.65. The summed E-state index contributed by atoms with van der Waals surface area (Å²) in [4.78, 5) is 12.0. The fourth-order valence-corrected chi connectivity index (χ4v) is 1.93. The monoisotopic (exact) mass is 257 g/mol. The van der Waals surface area contributed by atoms with Gasteiger partial charge in [0, 0.05) is 18.0 Å². The number of nitrogens with one attached hydrogen (secondary N) is 1. The number of hydrogen-bond donors (Lipinski definition) is 1. The minimum absolute atomic E-state index is 0.0140. The largest absolute Gasteiger partial charge is 0.349 e. The third-order valence-corrected chi connectivity index (χ3v) is 3.12. The highest BCUT2D eigenvalue weighted by molar-refractivity contribution is 5.94. The van der Waals surface area contributed by atoms with E-state index in [2.05, 4.69) is 18.0 Å². The molecule has 0 heterocycles. The summed E-state index contributed by atoms with van der Waals surface area (Å²) in [6.45, 7) is 10.5. The van der Waals surface area contributed by atoms with E-state index < -0.39 is 0 Å². The molecule has 0 saturated carbocycles. The Morgan fingerprint density at radius 3 is 2.89 bits per heavy atom. The van der Waals surface area contributed by atoms with Crippen LogP contribution in [0.5, 0.6) is 0 Å². The third kappa shape index (κ3) is 5.12. The molecule has 0 aliphatic heterocycles. The molecular formula is C17H23NO. The van der Waals surface area contributed by atoms with Gasteiger partial charge < -0.3 is 5.32 Å². The lowest BCUT2D eigenvalue weighted by molar-refractivity contribution is -0.117.